The van der Waals surface area contributed by atoms with Crippen molar-refractivity contribution in [2.24, 2.45) is 5.73 Å². The van der Waals surface area contributed by atoms with E-state index in [1.165, 1.54) is 12.8 Å². The Morgan fingerprint density at radius 2 is 1.53 bits per heavy atom. The summed E-state index contributed by atoms with van der Waals surface area (Å²) < 4.78 is 5.60. The van der Waals surface area contributed by atoms with Crippen LogP contribution in [0.5, 0.6) is 0 Å². The number of carbonyl (C=O) groups is 1. The Morgan fingerprint density at radius 1 is 0.947 bits per heavy atom. The Labute approximate surface area is 119 Å². The lowest BCUT2D eigenvalue weighted by Crippen LogP contribution is -2.18. The van der Waals surface area contributed by atoms with Crippen LogP contribution in [0.25, 0.3) is 0 Å². The maximum absolute atomic E-state index is 11.8. The summed E-state index contributed by atoms with van der Waals surface area (Å²) in [6, 6.07) is 0. The van der Waals surface area contributed by atoms with Crippen LogP contribution in [0.3, 0.4) is 0 Å². The highest BCUT2D eigenvalue weighted by atomic mass is 16.5. The minimum Gasteiger partial charge on any atom is -0.462 e. The zero-order valence-electron chi connectivity index (χ0n) is 13.0. The maximum atomic E-state index is 11.8. The number of rotatable bonds is 13. The lowest BCUT2D eigenvalue weighted by atomic mass is 10.1. The predicted molar refractivity (Wildman–Crippen MR) is 81.1 cm³/mol. The van der Waals surface area contributed by atoms with Crippen molar-refractivity contribution in [1.29, 1.82) is 0 Å². The molecule has 0 radical (unpaired) electrons. The van der Waals surface area contributed by atoms with E-state index in [-0.39, 0.29) is 12.1 Å². The van der Waals surface area contributed by atoms with Crippen LogP contribution in [0.2, 0.25) is 0 Å². The van der Waals surface area contributed by atoms with Crippen LogP contribution in [-0.2, 0) is 9.53 Å². The maximum Gasteiger partial charge on any atom is 0.306 e. The van der Waals surface area contributed by atoms with Crippen molar-refractivity contribution in [2.45, 2.75) is 90.6 Å². The highest BCUT2D eigenvalue weighted by Crippen LogP contribution is 2.14. The van der Waals surface area contributed by atoms with Crippen LogP contribution in [-0.4, -0.2) is 18.6 Å². The quantitative estimate of drug-likeness (QED) is 0.404. The summed E-state index contributed by atoms with van der Waals surface area (Å²) in [5, 5.41) is 0. The molecule has 3 heteroatoms. The third-order valence-electron chi connectivity index (χ3n) is 3.39. The minimum atomic E-state index is -0.00930. The lowest BCUT2D eigenvalue weighted by molar-refractivity contribution is -0.150. The van der Waals surface area contributed by atoms with E-state index in [0.717, 1.165) is 57.9 Å². The van der Waals surface area contributed by atoms with Crippen molar-refractivity contribution < 1.29 is 9.53 Å². The zero-order valence-corrected chi connectivity index (χ0v) is 13.0. The SMILES string of the molecule is CCCCC(CCCC)OC(=O)CCCCCCN. The summed E-state index contributed by atoms with van der Waals surface area (Å²) in [5.41, 5.74) is 5.44. The highest BCUT2D eigenvalue weighted by molar-refractivity contribution is 5.69. The number of esters is 1. The van der Waals surface area contributed by atoms with Crippen molar-refractivity contribution >= 4 is 5.97 Å². The summed E-state index contributed by atoms with van der Waals surface area (Å²) in [4.78, 5) is 11.8. The molecule has 0 aliphatic heterocycles. The van der Waals surface area contributed by atoms with Crippen LogP contribution >= 0.6 is 0 Å². The number of unbranched alkanes of at least 4 members (excludes halogenated alkanes) is 5. The fourth-order valence-corrected chi connectivity index (χ4v) is 2.14. The summed E-state index contributed by atoms with van der Waals surface area (Å²) in [7, 11) is 0. The van der Waals surface area contributed by atoms with Gasteiger partial charge in [0.2, 0.25) is 0 Å². The predicted octanol–water partition coefficient (Wildman–Crippen LogP) is 4.19. The topological polar surface area (TPSA) is 52.3 Å². The Kier molecular flexibility index (Phi) is 13.4. The van der Waals surface area contributed by atoms with Gasteiger partial charge in [-0.05, 0) is 32.2 Å². The third kappa shape index (κ3) is 12.2. The second-order valence-electron chi connectivity index (χ2n) is 5.35. The van der Waals surface area contributed by atoms with Gasteiger partial charge in [-0.1, -0.05) is 52.4 Å². The Morgan fingerprint density at radius 3 is 2.05 bits per heavy atom. The van der Waals surface area contributed by atoms with Crippen LogP contribution in [0.15, 0.2) is 0 Å². The van der Waals surface area contributed by atoms with E-state index >= 15 is 0 Å². The average molecular weight is 271 g/mol. The molecule has 0 bridgehead atoms. The number of ether oxygens (including phenoxy) is 1. The molecule has 0 aliphatic carbocycles. The molecule has 2 N–H and O–H groups in total. The van der Waals surface area contributed by atoms with Crippen molar-refractivity contribution in [1.82, 2.24) is 0 Å². The van der Waals surface area contributed by atoms with E-state index in [2.05, 4.69) is 13.8 Å². The van der Waals surface area contributed by atoms with Gasteiger partial charge in [-0.15, -0.1) is 0 Å². The molecule has 19 heavy (non-hydrogen) atoms. The molecule has 3 nitrogen and oxygen atoms in total. The molecule has 0 aromatic heterocycles. The van der Waals surface area contributed by atoms with Crippen LogP contribution in [0.1, 0.15) is 84.5 Å². The molecule has 0 aliphatic rings. The number of hydrogen-bond donors (Lipinski definition) is 1. The first-order valence-electron chi connectivity index (χ1n) is 8.14. The first-order valence-corrected chi connectivity index (χ1v) is 8.14. The van der Waals surface area contributed by atoms with E-state index in [0.29, 0.717) is 6.42 Å². The van der Waals surface area contributed by atoms with Gasteiger partial charge in [0, 0.05) is 6.42 Å². The normalized spacial score (nSPS) is 10.9. The molecule has 0 amide bonds. The molecule has 0 heterocycles. The van der Waals surface area contributed by atoms with Gasteiger partial charge < -0.3 is 10.5 Å². The van der Waals surface area contributed by atoms with E-state index in [9.17, 15) is 4.79 Å². The van der Waals surface area contributed by atoms with Gasteiger partial charge in [0.15, 0.2) is 0 Å². The summed E-state index contributed by atoms with van der Waals surface area (Å²) in [6.45, 7) is 5.10. The molecule has 0 rings (SSSR count). The first kappa shape index (κ1) is 18.4. The van der Waals surface area contributed by atoms with Gasteiger partial charge in [0.1, 0.15) is 6.10 Å². The fourth-order valence-electron chi connectivity index (χ4n) is 2.14. The molecule has 0 aromatic rings. The minimum absolute atomic E-state index is 0.00930. The monoisotopic (exact) mass is 271 g/mol. The molecule has 0 aromatic carbocycles. The Hall–Kier alpha value is -0.570. The summed E-state index contributed by atoms with van der Waals surface area (Å²) in [6.07, 6.45) is 11.6. The van der Waals surface area contributed by atoms with Crippen molar-refractivity contribution in [2.75, 3.05) is 6.54 Å². The van der Waals surface area contributed by atoms with Crippen LogP contribution in [0, 0.1) is 0 Å². The number of nitrogens with two attached hydrogens (primary N) is 1. The molecule has 0 unspecified atom stereocenters. The van der Waals surface area contributed by atoms with Crippen molar-refractivity contribution in [3.05, 3.63) is 0 Å². The van der Waals surface area contributed by atoms with Gasteiger partial charge in [0.05, 0.1) is 0 Å². The molecule has 0 saturated carbocycles. The van der Waals surface area contributed by atoms with Crippen molar-refractivity contribution in [3.63, 3.8) is 0 Å². The fraction of sp³-hybridized carbons (Fsp3) is 0.938. The third-order valence-corrected chi connectivity index (χ3v) is 3.39. The van der Waals surface area contributed by atoms with Gasteiger partial charge in [-0.25, -0.2) is 0 Å². The number of hydrogen-bond acceptors (Lipinski definition) is 3. The highest BCUT2D eigenvalue weighted by Gasteiger charge is 2.13. The van der Waals surface area contributed by atoms with Crippen molar-refractivity contribution in [3.8, 4) is 0 Å². The molecule has 0 fully saturated rings. The van der Waals surface area contributed by atoms with Crippen LogP contribution < -0.4 is 5.73 Å². The van der Waals surface area contributed by atoms with Gasteiger partial charge >= 0.3 is 5.97 Å². The molecule has 0 spiro atoms. The average Bonchev–Trinajstić information content (AvgIpc) is 2.41. The standard InChI is InChI=1S/C16H33NO2/c1-3-5-11-15(12-6-4-2)19-16(18)13-9-7-8-10-14-17/h15H,3-14,17H2,1-2H3. The first-order chi connectivity index (χ1) is 9.24. The summed E-state index contributed by atoms with van der Waals surface area (Å²) in [5.74, 6) is -0.00930. The zero-order chi connectivity index (χ0) is 14.3. The van der Waals surface area contributed by atoms with Gasteiger partial charge in [-0.3, -0.25) is 4.79 Å². The largest absolute Gasteiger partial charge is 0.462 e. The number of carbonyl (C=O) groups excluding carboxylic acids is 1. The molecule has 0 saturated heterocycles. The van der Waals surface area contributed by atoms with E-state index in [1.54, 1.807) is 0 Å². The second-order valence-corrected chi connectivity index (χ2v) is 5.35. The smallest absolute Gasteiger partial charge is 0.306 e. The van der Waals surface area contributed by atoms with E-state index in [1.807, 2.05) is 0 Å². The second kappa shape index (κ2) is 13.9. The summed E-state index contributed by atoms with van der Waals surface area (Å²) >= 11 is 0. The molecule has 114 valence electrons. The van der Waals surface area contributed by atoms with Crippen LogP contribution in [0.4, 0.5) is 0 Å². The van der Waals surface area contributed by atoms with E-state index in [4.69, 9.17) is 10.5 Å². The Bertz CT molecular complexity index is 199. The van der Waals surface area contributed by atoms with E-state index < -0.39 is 0 Å². The Balaban J connectivity index is 3.74. The van der Waals surface area contributed by atoms with Gasteiger partial charge in [0.25, 0.3) is 0 Å². The molecular formula is C16H33NO2. The molecule has 0 atom stereocenters. The molecular weight excluding hydrogens is 238 g/mol. The lowest BCUT2D eigenvalue weighted by Gasteiger charge is -2.17. The van der Waals surface area contributed by atoms with Gasteiger partial charge in [-0.2, -0.15) is 0 Å².